The lowest BCUT2D eigenvalue weighted by atomic mass is 10.1. The smallest absolute Gasteiger partial charge is 0.256 e. The third kappa shape index (κ3) is 5.99. The molecule has 0 aliphatic heterocycles. The molecule has 0 saturated carbocycles. The average molecular weight is 392 g/mol. The van der Waals surface area contributed by atoms with E-state index >= 15 is 0 Å². The predicted molar refractivity (Wildman–Crippen MR) is 110 cm³/mol. The molecule has 27 heavy (non-hydrogen) atoms. The first-order chi connectivity index (χ1) is 12.9. The Bertz CT molecular complexity index is 850. The van der Waals surface area contributed by atoms with Gasteiger partial charge in [-0.3, -0.25) is 14.2 Å². The Morgan fingerprint density at radius 1 is 1.30 bits per heavy atom. The molecule has 4 N–H and O–H groups in total. The molecule has 0 fully saturated rings. The highest BCUT2D eigenvalue weighted by atomic mass is 35.5. The van der Waals surface area contributed by atoms with Gasteiger partial charge in [-0.05, 0) is 49.4 Å². The Kier molecular flexibility index (Phi) is 7.67. The fourth-order valence-electron chi connectivity index (χ4n) is 2.76. The van der Waals surface area contributed by atoms with Crippen molar-refractivity contribution in [2.45, 2.75) is 39.7 Å². The lowest BCUT2D eigenvalue weighted by Crippen LogP contribution is -2.27. The van der Waals surface area contributed by atoms with Crippen molar-refractivity contribution < 1.29 is 4.79 Å². The first-order valence-electron chi connectivity index (χ1n) is 9.01. The summed E-state index contributed by atoms with van der Waals surface area (Å²) in [5.41, 5.74) is 9.09. The molecule has 1 aromatic heterocycles. The molecule has 0 saturated heterocycles. The van der Waals surface area contributed by atoms with Gasteiger partial charge in [-0.15, -0.1) is 11.6 Å². The van der Waals surface area contributed by atoms with Crippen LogP contribution in [0, 0.1) is 6.92 Å². The highest BCUT2D eigenvalue weighted by Gasteiger charge is 2.07. The largest absolute Gasteiger partial charge is 0.369 e. The normalized spacial score (nSPS) is 10.6. The SMILES string of the molecule is CCc1cc(Nc2cc(=O)n(CCCCNC(=O)CCl)c(N)n2)ccc1C. The maximum absolute atomic E-state index is 12.4. The molecule has 0 aliphatic rings. The fraction of sp³-hybridized carbons (Fsp3) is 0.421. The van der Waals surface area contributed by atoms with E-state index in [9.17, 15) is 9.59 Å². The van der Waals surface area contributed by atoms with Crippen LogP contribution in [0.5, 0.6) is 0 Å². The van der Waals surface area contributed by atoms with E-state index in [0.29, 0.717) is 25.3 Å². The van der Waals surface area contributed by atoms with Crippen LogP contribution in [-0.4, -0.2) is 27.9 Å². The van der Waals surface area contributed by atoms with Gasteiger partial charge in [0.1, 0.15) is 11.7 Å². The minimum absolute atomic E-state index is 0.0501. The number of anilines is 3. The number of unbranched alkanes of at least 4 members (excludes halogenated alkanes) is 1. The molecular formula is C19H26ClN5O2. The molecule has 0 radical (unpaired) electrons. The van der Waals surface area contributed by atoms with E-state index in [1.165, 1.54) is 21.8 Å². The Morgan fingerprint density at radius 2 is 2.07 bits per heavy atom. The van der Waals surface area contributed by atoms with E-state index in [1.54, 1.807) is 0 Å². The monoisotopic (exact) mass is 391 g/mol. The molecule has 8 heteroatoms. The second kappa shape index (κ2) is 9.97. The van der Waals surface area contributed by atoms with E-state index < -0.39 is 0 Å². The van der Waals surface area contributed by atoms with Crippen LogP contribution in [0.3, 0.4) is 0 Å². The van der Waals surface area contributed by atoms with Gasteiger partial charge in [0, 0.05) is 24.8 Å². The molecule has 2 aromatic rings. The number of halogens is 1. The number of carbonyl (C=O) groups is 1. The van der Waals surface area contributed by atoms with Crippen molar-refractivity contribution >= 4 is 35.0 Å². The number of nitrogen functional groups attached to an aromatic ring is 1. The van der Waals surface area contributed by atoms with Crippen molar-refractivity contribution in [2.24, 2.45) is 0 Å². The summed E-state index contributed by atoms with van der Waals surface area (Å²) in [5.74, 6) is 0.338. The van der Waals surface area contributed by atoms with Crippen LogP contribution in [0.4, 0.5) is 17.5 Å². The Labute approximate surface area is 163 Å². The molecule has 2 rings (SSSR count). The van der Waals surface area contributed by atoms with Crippen molar-refractivity contribution in [3.05, 3.63) is 45.7 Å². The van der Waals surface area contributed by atoms with E-state index in [0.717, 1.165) is 18.5 Å². The summed E-state index contributed by atoms with van der Waals surface area (Å²) in [4.78, 5) is 27.7. The molecule has 1 heterocycles. The maximum Gasteiger partial charge on any atom is 0.256 e. The van der Waals surface area contributed by atoms with Crippen LogP contribution in [0.2, 0.25) is 0 Å². The lowest BCUT2D eigenvalue weighted by molar-refractivity contribution is -0.118. The summed E-state index contributed by atoms with van der Waals surface area (Å²) >= 11 is 5.41. The summed E-state index contributed by atoms with van der Waals surface area (Å²) in [6.07, 6.45) is 2.35. The van der Waals surface area contributed by atoms with Gasteiger partial charge >= 0.3 is 0 Å². The van der Waals surface area contributed by atoms with Crippen LogP contribution in [0.1, 0.15) is 30.9 Å². The van der Waals surface area contributed by atoms with E-state index in [4.69, 9.17) is 17.3 Å². The molecule has 146 valence electrons. The molecule has 0 spiro atoms. The fourth-order valence-corrected chi connectivity index (χ4v) is 2.86. The zero-order valence-electron chi connectivity index (χ0n) is 15.7. The van der Waals surface area contributed by atoms with Crippen LogP contribution in [0.15, 0.2) is 29.1 Å². The zero-order chi connectivity index (χ0) is 19.8. The number of hydrogen-bond donors (Lipinski definition) is 3. The number of hydrogen-bond acceptors (Lipinski definition) is 5. The third-order valence-corrected chi connectivity index (χ3v) is 4.53. The topological polar surface area (TPSA) is 102 Å². The molecule has 1 aromatic carbocycles. The van der Waals surface area contributed by atoms with E-state index in [2.05, 4.69) is 29.5 Å². The number of alkyl halides is 1. The number of carbonyl (C=O) groups excluding carboxylic acids is 1. The third-order valence-electron chi connectivity index (χ3n) is 4.29. The lowest BCUT2D eigenvalue weighted by Gasteiger charge is -2.12. The van der Waals surface area contributed by atoms with Gasteiger partial charge in [-0.25, -0.2) is 0 Å². The number of nitrogens with two attached hydrogens (primary N) is 1. The first-order valence-corrected chi connectivity index (χ1v) is 9.54. The Balaban J connectivity index is 2.00. The summed E-state index contributed by atoms with van der Waals surface area (Å²) in [6, 6.07) is 7.48. The summed E-state index contributed by atoms with van der Waals surface area (Å²) < 4.78 is 1.43. The van der Waals surface area contributed by atoms with Gasteiger partial charge in [0.25, 0.3) is 5.56 Å². The summed E-state index contributed by atoms with van der Waals surface area (Å²) in [7, 11) is 0. The first kappa shape index (κ1) is 20.8. The van der Waals surface area contributed by atoms with Crippen LogP contribution in [-0.2, 0) is 17.8 Å². The van der Waals surface area contributed by atoms with Gasteiger partial charge in [0.15, 0.2) is 0 Å². The number of nitrogens with zero attached hydrogens (tertiary/aromatic N) is 2. The number of amides is 1. The highest BCUT2D eigenvalue weighted by molar-refractivity contribution is 6.27. The van der Waals surface area contributed by atoms with Crippen LogP contribution < -0.4 is 21.9 Å². The van der Waals surface area contributed by atoms with Gasteiger partial charge in [0.2, 0.25) is 11.9 Å². The molecule has 0 atom stereocenters. The van der Waals surface area contributed by atoms with Crippen molar-refractivity contribution in [2.75, 3.05) is 23.5 Å². The van der Waals surface area contributed by atoms with Gasteiger partial charge in [-0.1, -0.05) is 13.0 Å². The van der Waals surface area contributed by atoms with Gasteiger partial charge in [-0.2, -0.15) is 4.98 Å². The van der Waals surface area contributed by atoms with Crippen LogP contribution in [0.25, 0.3) is 0 Å². The van der Waals surface area contributed by atoms with Crippen LogP contribution >= 0.6 is 11.6 Å². The standard InChI is InChI=1S/C19H26ClN5O2/c1-3-14-10-15(7-6-13(14)2)23-16-11-18(27)25(19(21)24-16)9-5-4-8-22-17(26)12-20/h6-7,10-11,23H,3-5,8-9,12H2,1-2H3,(H2,21,24)(H,22,26). The number of aryl methyl sites for hydroxylation is 2. The second-order valence-corrected chi connectivity index (χ2v) is 6.57. The van der Waals surface area contributed by atoms with Gasteiger partial charge in [0.05, 0.1) is 0 Å². The average Bonchev–Trinajstić information content (AvgIpc) is 2.64. The van der Waals surface area contributed by atoms with Crippen molar-refractivity contribution in [1.29, 1.82) is 0 Å². The zero-order valence-corrected chi connectivity index (χ0v) is 16.5. The molecule has 0 aliphatic carbocycles. The maximum atomic E-state index is 12.4. The molecule has 7 nitrogen and oxygen atoms in total. The quantitative estimate of drug-likeness (QED) is 0.450. The molecular weight excluding hydrogens is 366 g/mol. The molecule has 0 bridgehead atoms. The van der Waals surface area contributed by atoms with Gasteiger partial charge < -0.3 is 16.4 Å². The molecule has 1 amide bonds. The number of aromatic nitrogens is 2. The van der Waals surface area contributed by atoms with Crippen molar-refractivity contribution in [1.82, 2.24) is 14.9 Å². The second-order valence-electron chi connectivity index (χ2n) is 6.30. The van der Waals surface area contributed by atoms with E-state index in [1.807, 2.05) is 18.2 Å². The van der Waals surface area contributed by atoms with E-state index in [-0.39, 0.29) is 23.3 Å². The minimum Gasteiger partial charge on any atom is -0.369 e. The summed E-state index contributed by atoms with van der Waals surface area (Å²) in [6.45, 7) is 5.13. The van der Waals surface area contributed by atoms with Crippen molar-refractivity contribution in [3.8, 4) is 0 Å². The predicted octanol–water partition coefficient (Wildman–Crippen LogP) is 2.58. The number of nitrogens with one attached hydrogen (secondary N) is 2. The Morgan fingerprint density at radius 3 is 2.74 bits per heavy atom. The summed E-state index contributed by atoms with van der Waals surface area (Å²) in [5, 5.41) is 5.83. The number of benzene rings is 1. The minimum atomic E-state index is -0.211. The number of rotatable bonds is 9. The Hall–Kier alpha value is -2.54. The molecule has 0 unspecified atom stereocenters. The van der Waals surface area contributed by atoms with Crippen molar-refractivity contribution in [3.63, 3.8) is 0 Å². The highest BCUT2D eigenvalue weighted by Crippen LogP contribution is 2.19.